The van der Waals surface area contributed by atoms with E-state index >= 15 is 0 Å². The van der Waals surface area contributed by atoms with Crippen molar-refractivity contribution in [3.05, 3.63) is 126 Å². The first-order valence-electron chi connectivity index (χ1n) is 12.2. The zero-order valence-corrected chi connectivity index (χ0v) is 22.5. The fourth-order valence-electron chi connectivity index (χ4n) is 4.48. The van der Waals surface area contributed by atoms with Gasteiger partial charge in [0.1, 0.15) is 23.2 Å². The number of ether oxygens (including phenoxy) is 1. The Labute approximate surface area is 207 Å². The lowest BCUT2D eigenvalue weighted by Gasteiger charge is -2.29. The molecule has 174 valence electrons. The van der Waals surface area contributed by atoms with Gasteiger partial charge in [-0.3, -0.25) is 0 Å². The second kappa shape index (κ2) is 11.3. The van der Waals surface area contributed by atoms with Crippen molar-refractivity contribution in [2.45, 2.75) is 38.5 Å². The van der Waals surface area contributed by atoms with Gasteiger partial charge in [-0.1, -0.05) is 105 Å². The fourth-order valence-corrected chi connectivity index (χ4v) is 9.72. The molecule has 0 fully saturated rings. The Bertz CT molecular complexity index is 1110. The van der Waals surface area contributed by atoms with Crippen molar-refractivity contribution in [1.82, 2.24) is 0 Å². The van der Waals surface area contributed by atoms with Gasteiger partial charge in [-0.15, -0.1) is 0 Å². The minimum absolute atomic E-state index is 0.664. The Morgan fingerprint density at radius 1 is 0.618 bits per heavy atom. The number of rotatable bonds is 10. The molecule has 0 aliphatic rings. The molecule has 0 amide bonds. The molecule has 0 aliphatic heterocycles. The molecule has 0 spiro atoms. The molecular weight excluding hydrogens is 447 g/mol. The highest BCUT2D eigenvalue weighted by molar-refractivity contribution is 7.95. The molecule has 4 rings (SSSR count). The van der Waals surface area contributed by atoms with E-state index in [-0.39, 0.29) is 0 Å². The molecule has 1 nitrogen and oxygen atoms in total. The molecule has 0 saturated heterocycles. The first-order valence-corrected chi connectivity index (χ1v) is 17.9. The van der Waals surface area contributed by atoms with E-state index in [0.29, 0.717) is 6.61 Å². The van der Waals surface area contributed by atoms with E-state index < -0.39 is 15.3 Å². The lowest BCUT2D eigenvalue weighted by Crippen LogP contribution is -2.34. The number of benzene rings is 4. The maximum Gasteiger partial charge on any atom is 0.116 e. The predicted molar refractivity (Wildman–Crippen MR) is 153 cm³/mol. The molecule has 0 unspecified atom stereocenters. The van der Waals surface area contributed by atoms with Crippen LogP contribution < -0.4 is 15.9 Å². The fraction of sp³-hybridized carbons (Fsp3) is 0.226. The Balaban J connectivity index is 1.85. The van der Waals surface area contributed by atoms with Crippen LogP contribution in [0.4, 0.5) is 0 Å². The summed E-state index contributed by atoms with van der Waals surface area (Å²) in [5, 5.41) is 4.27. The van der Waals surface area contributed by atoms with Gasteiger partial charge in [-0.05, 0) is 41.9 Å². The summed E-state index contributed by atoms with van der Waals surface area (Å²) in [6.07, 6.45) is 0.994. The van der Waals surface area contributed by atoms with Crippen molar-refractivity contribution >= 4 is 31.2 Å². The molecule has 3 heteroatoms. The molecule has 4 aromatic carbocycles. The standard InChI is InChI=1S/C31H36OPSi/c1-34(2,3)24-23-32-25-28-17-13-14-22-31(28)33(29-18-9-5-10-19-29,30-20-11-6-12-21-30)26-27-15-7-4-8-16-27/h4-22H,23-26H2,1-3H3/q+1. The average molecular weight is 484 g/mol. The largest absolute Gasteiger partial charge is 0.377 e. The van der Waals surface area contributed by atoms with Gasteiger partial charge >= 0.3 is 0 Å². The summed E-state index contributed by atoms with van der Waals surface area (Å²) in [5.74, 6) is 0. The van der Waals surface area contributed by atoms with Gasteiger partial charge in [-0.2, -0.15) is 0 Å². The van der Waals surface area contributed by atoms with Crippen LogP contribution in [-0.2, 0) is 17.5 Å². The van der Waals surface area contributed by atoms with Crippen molar-refractivity contribution < 1.29 is 4.74 Å². The van der Waals surface area contributed by atoms with Crippen LogP contribution in [0.3, 0.4) is 0 Å². The highest BCUT2D eigenvalue weighted by atomic mass is 31.2. The maximum atomic E-state index is 6.31. The van der Waals surface area contributed by atoms with Crippen molar-refractivity contribution in [3.63, 3.8) is 0 Å². The molecule has 0 N–H and O–H groups in total. The summed E-state index contributed by atoms with van der Waals surface area (Å²) < 4.78 is 6.31. The van der Waals surface area contributed by atoms with E-state index in [0.717, 1.165) is 12.8 Å². The minimum Gasteiger partial charge on any atom is -0.377 e. The van der Waals surface area contributed by atoms with Gasteiger partial charge in [0.25, 0.3) is 0 Å². The van der Waals surface area contributed by atoms with Crippen LogP contribution in [0.2, 0.25) is 25.7 Å². The van der Waals surface area contributed by atoms with E-state index in [1.165, 1.54) is 33.1 Å². The third-order valence-corrected chi connectivity index (χ3v) is 12.5. The molecular formula is C31H36OPSi+. The van der Waals surface area contributed by atoms with Crippen molar-refractivity contribution in [1.29, 1.82) is 0 Å². The quantitative estimate of drug-likeness (QED) is 0.134. The van der Waals surface area contributed by atoms with Crippen LogP contribution in [0.25, 0.3) is 0 Å². The summed E-state index contributed by atoms with van der Waals surface area (Å²) in [4.78, 5) is 0. The third kappa shape index (κ3) is 5.94. The second-order valence-corrected chi connectivity index (χ2v) is 19.2. The Morgan fingerprint density at radius 2 is 1.12 bits per heavy atom. The highest BCUT2D eigenvalue weighted by Crippen LogP contribution is 2.58. The van der Waals surface area contributed by atoms with E-state index in [2.05, 4.69) is 135 Å². The van der Waals surface area contributed by atoms with E-state index in [4.69, 9.17) is 4.74 Å². The lowest BCUT2D eigenvalue weighted by atomic mass is 10.2. The predicted octanol–water partition coefficient (Wildman–Crippen LogP) is 7.04. The van der Waals surface area contributed by atoms with Crippen LogP contribution in [0.15, 0.2) is 115 Å². The summed E-state index contributed by atoms with van der Waals surface area (Å²) in [6.45, 7) is 8.73. The smallest absolute Gasteiger partial charge is 0.116 e. The van der Waals surface area contributed by atoms with Crippen LogP contribution in [0.5, 0.6) is 0 Å². The van der Waals surface area contributed by atoms with Gasteiger partial charge in [0.05, 0.1) is 12.8 Å². The summed E-state index contributed by atoms with van der Waals surface area (Å²) >= 11 is 0. The van der Waals surface area contributed by atoms with Gasteiger partial charge in [0.2, 0.25) is 0 Å². The first-order chi connectivity index (χ1) is 16.5. The van der Waals surface area contributed by atoms with Crippen molar-refractivity contribution in [2.24, 2.45) is 0 Å². The molecule has 34 heavy (non-hydrogen) atoms. The summed E-state index contributed by atoms with van der Waals surface area (Å²) in [6, 6.07) is 43.4. The SMILES string of the molecule is C[Si](C)(C)CCOCc1ccccc1[P+](Cc1ccccc1)(c1ccccc1)c1ccccc1. The second-order valence-electron chi connectivity index (χ2n) is 10.1. The van der Waals surface area contributed by atoms with Crippen molar-refractivity contribution in [2.75, 3.05) is 6.61 Å². The van der Waals surface area contributed by atoms with Crippen molar-refractivity contribution in [3.8, 4) is 0 Å². The van der Waals surface area contributed by atoms with E-state index in [1.807, 2.05) is 0 Å². The van der Waals surface area contributed by atoms with Gasteiger partial charge < -0.3 is 4.74 Å². The molecule has 0 aliphatic carbocycles. The number of hydrogen-bond donors (Lipinski definition) is 0. The van der Waals surface area contributed by atoms with Gasteiger partial charge in [-0.25, -0.2) is 0 Å². The average Bonchev–Trinajstić information content (AvgIpc) is 2.87. The van der Waals surface area contributed by atoms with E-state index in [9.17, 15) is 0 Å². The molecule has 4 aromatic rings. The Hall–Kier alpha value is -2.51. The molecule has 0 radical (unpaired) electrons. The molecule has 0 heterocycles. The zero-order chi connectivity index (χ0) is 23.9. The van der Waals surface area contributed by atoms with Gasteiger partial charge in [0.15, 0.2) is 0 Å². The van der Waals surface area contributed by atoms with Crippen LogP contribution in [0.1, 0.15) is 11.1 Å². The van der Waals surface area contributed by atoms with Crippen LogP contribution in [-0.4, -0.2) is 14.7 Å². The van der Waals surface area contributed by atoms with E-state index in [1.54, 1.807) is 0 Å². The monoisotopic (exact) mass is 483 g/mol. The lowest BCUT2D eigenvalue weighted by molar-refractivity contribution is 0.134. The normalized spacial score (nSPS) is 12.0. The zero-order valence-electron chi connectivity index (χ0n) is 20.7. The topological polar surface area (TPSA) is 9.23 Å². The Morgan fingerprint density at radius 3 is 1.68 bits per heavy atom. The summed E-state index contributed by atoms with van der Waals surface area (Å²) in [5.41, 5.74) is 2.69. The summed E-state index contributed by atoms with van der Waals surface area (Å²) in [7, 11) is -3.09. The minimum atomic E-state index is -1.97. The molecule has 0 saturated carbocycles. The number of hydrogen-bond acceptors (Lipinski definition) is 1. The molecule has 0 aromatic heterocycles. The molecule has 0 atom stereocenters. The maximum absolute atomic E-state index is 6.31. The Kier molecular flexibility index (Phi) is 8.16. The first kappa shape index (κ1) is 24.6. The highest BCUT2D eigenvalue weighted by Gasteiger charge is 2.46. The van der Waals surface area contributed by atoms with Gasteiger partial charge in [0, 0.05) is 20.2 Å². The van der Waals surface area contributed by atoms with Crippen LogP contribution in [0, 0.1) is 0 Å². The molecule has 0 bridgehead atoms. The third-order valence-electron chi connectivity index (χ3n) is 6.31. The van der Waals surface area contributed by atoms with Crippen LogP contribution >= 0.6 is 7.26 Å².